The first kappa shape index (κ1) is 15.7. The average molecular weight is 328 g/mol. The van der Waals surface area contributed by atoms with Crippen molar-refractivity contribution < 1.29 is 28.8 Å². The quantitative estimate of drug-likeness (QED) is 0.721. The van der Waals surface area contributed by atoms with E-state index in [-0.39, 0.29) is 36.8 Å². The summed E-state index contributed by atoms with van der Waals surface area (Å²) in [7, 11) is 0. The van der Waals surface area contributed by atoms with Crippen LogP contribution in [0.1, 0.15) is 46.4 Å². The second-order valence-electron chi connectivity index (χ2n) is 5.44. The number of likely N-dealkylation sites (tertiary alicyclic amines) is 2. The van der Waals surface area contributed by atoms with E-state index in [1.54, 1.807) is 0 Å². The van der Waals surface area contributed by atoms with Gasteiger partial charge in [0.1, 0.15) is 0 Å². The molecule has 2 fully saturated rings. The van der Waals surface area contributed by atoms with Crippen molar-refractivity contribution in [3.8, 4) is 0 Å². The fraction of sp³-hybridized carbons (Fsp3) is 0.250. The van der Waals surface area contributed by atoms with E-state index in [1.807, 2.05) is 0 Å². The number of benzene rings is 1. The van der Waals surface area contributed by atoms with Crippen LogP contribution in [0.4, 0.5) is 0 Å². The van der Waals surface area contributed by atoms with Crippen molar-refractivity contribution in [1.82, 2.24) is 9.80 Å². The maximum Gasteiger partial charge on any atom is 0.267 e. The molecule has 0 saturated carbocycles. The van der Waals surface area contributed by atoms with Crippen LogP contribution in [0.5, 0.6) is 0 Å². The Morgan fingerprint density at radius 3 is 1.33 bits per heavy atom. The third kappa shape index (κ3) is 2.51. The molecule has 0 N–H and O–H groups in total. The molecule has 2 saturated heterocycles. The zero-order chi connectivity index (χ0) is 17.4. The molecule has 24 heavy (non-hydrogen) atoms. The van der Waals surface area contributed by atoms with Crippen LogP contribution >= 0.6 is 0 Å². The molecule has 8 nitrogen and oxygen atoms in total. The molecule has 3 rings (SSSR count). The highest BCUT2D eigenvalue weighted by Crippen LogP contribution is 2.19. The van der Waals surface area contributed by atoms with Crippen LogP contribution in [-0.2, 0) is 19.2 Å². The summed E-state index contributed by atoms with van der Waals surface area (Å²) in [6.45, 7) is 0. The number of carbonyl (C=O) groups excluding carboxylic acids is 6. The molecule has 0 aliphatic carbocycles. The third-order valence-corrected chi connectivity index (χ3v) is 3.87. The maximum atomic E-state index is 12.3. The van der Waals surface area contributed by atoms with Gasteiger partial charge in [-0.15, -0.1) is 0 Å². The summed E-state index contributed by atoms with van der Waals surface area (Å²) in [6, 6.07) is 5.26. The standard InChI is InChI=1S/C16H12N2O6/c19-11-4-5-12(20)17(11)15(23)9-2-1-3-10(8-9)16(24)18-13(21)6-7-14(18)22/h1-3,8H,4-7H2. The molecule has 2 aliphatic rings. The lowest BCUT2D eigenvalue weighted by Gasteiger charge is -2.14. The molecular weight excluding hydrogens is 316 g/mol. The fourth-order valence-electron chi connectivity index (χ4n) is 2.65. The second kappa shape index (κ2) is 5.80. The van der Waals surface area contributed by atoms with Crippen LogP contribution in [0.15, 0.2) is 24.3 Å². The second-order valence-corrected chi connectivity index (χ2v) is 5.44. The molecule has 1 aromatic rings. The maximum absolute atomic E-state index is 12.3. The van der Waals surface area contributed by atoms with Gasteiger partial charge in [-0.1, -0.05) is 6.07 Å². The largest absolute Gasteiger partial charge is 0.274 e. The molecule has 0 aromatic heterocycles. The van der Waals surface area contributed by atoms with Crippen molar-refractivity contribution in [2.24, 2.45) is 0 Å². The number of imide groups is 6. The van der Waals surface area contributed by atoms with Crippen LogP contribution in [-0.4, -0.2) is 45.2 Å². The van der Waals surface area contributed by atoms with Crippen molar-refractivity contribution in [3.63, 3.8) is 0 Å². The highest BCUT2D eigenvalue weighted by molar-refractivity contribution is 6.21. The highest BCUT2D eigenvalue weighted by Gasteiger charge is 2.37. The van der Waals surface area contributed by atoms with Crippen molar-refractivity contribution in [1.29, 1.82) is 0 Å². The Morgan fingerprint density at radius 1 is 0.667 bits per heavy atom. The first-order chi connectivity index (χ1) is 11.4. The predicted molar refractivity (Wildman–Crippen MR) is 77.3 cm³/mol. The zero-order valence-electron chi connectivity index (χ0n) is 12.5. The topological polar surface area (TPSA) is 109 Å². The van der Waals surface area contributed by atoms with E-state index in [4.69, 9.17) is 0 Å². The van der Waals surface area contributed by atoms with E-state index >= 15 is 0 Å². The van der Waals surface area contributed by atoms with E-state index < -0.39 is 35.4 Å². The van der Waals surface area contributed by atoms with Gasteiger partial charge < -0.3 is 0 Å². The first-order valence-corrected chi connectivity index (χ1v) is 7.30. The van der Waals surface area contributed by atoms with E-state index in [9.17, 15) is 28.8 Å². The number of carbonyl (C=O) groups is 6. The molecule has 0 atom stereocenters. The lowest BCUT2D eigenvalue weighted by molar-refractivity contribution is -0.136. The van der Waals surface area contributed by atoms with Crippen molar-refractivity contribution in [2.45, 2.75) is 25.7 Å². The molecule has 8 heteroatoms. The highest BCUT2D eigenvalue weighted by atomic mass is 16.2. The van der Waals surface area contributed by atoms with Gasteiger partial charge in [0.2, 0.25) is 23.6 Å². The number of nitrogens with zero attached hydrogens (tertiary/aromatic N) is 2. The van der Waals surface area contributed by atoms with Crippen LogP contribution in [0, 0.1) is 0 Å². The molecule has 2 heterocycles. The summed E-state index contributed by atoms with van der Waals surface area (Å²) in [6.07, 6.45) is -0.111. The Morgan fingerprint density at radius 2 is 1.00 bits per heavy atom. The molecule has 2 aliphatic heterocycles. The summed E-state index contributed by atoms with van der Waals surface area (Å²) in [4.78, 5) is 72.3. The minimum Gasteiger partial charge on any atom is -0.274 e. The first-order valence-electron chi connectivity index (χ1n) is 7.30. The molecule has 0 unspecified atom stereocenters. The average Bonchev–Trinajstić information content (AvgIpc) is 3.08. The SMILES string of the molecule is O=C1CCC(=O)N1C(=O)c1cccc(C(=O)N2C(=O)CCC2=O)c1. The monoisotopic (exact) mass is 328 g/mol. The van der Waals surface area contributed by atoms with E-state index in [1.165, 1.54) is 24.3 Å². The van der Waals surface area contributed by atoms with Gasteiger partial charge in [0.05, 0.1) is 0 Å². The summed E-state index contributed by atoms with van der Waals surface area (Å²) in [5, 5.41) is 0. The van der Waals surface area contributed by atoms with Crippen LogP contribution in [0.25, 0.3) is 0 Å². The lowest BCUT2D eigenvalue weighted by atomic mass is 10.1. The summed E-state index contributed by atoms with van der Waals surface area (Å²) in [5.74, 6) is -4.01. The Labute approximate surface area is 136 Å². The summed E-state index contributed by atoms with van der Waals surface area (Å²) in [5.41, 5.74) is -0.0768. The smallest absolute Gasteiger partial charge is 0.267 e. The van der Waals surface area contributed by atoms with Gasteiger partial charge in [-0.25, -0.2) is 9.80 Å². The van der Waals surface area contributed by atoms with E-state index in [0.29, 0.717) is 9.80 Å². The Kier molecular flexibility index (Phi) is 3.80. The molecule has 0 spiro atoms. The lowest BCUT2D eigenvalue weighted by Crippen LogP contribution is -2.37. The molecule has 1 aromatic carbocycles. The third-order valence-electron chi connectivity index (χ3n) is 3.87. The number of hydrogen-bond donors (Lipinski definition) is 0. The minimum absolute atomic E-state index is 0.0278. The molecule has 0 radical (unpaired) electrons. The normalized spacial score (nSPS) is 17.8. The number of hydrogen-bond acceptors (Lipinski definition) is 6. The Hall–Kier alpha value is -3.16. The van der Waals surface area contributed by atoms with Gasteiger partial charge in [0, 0.05) is 36.8 Å². The Bertz CT molecular complexity index is 717. The van der Waals surface area contributed by atoms with Crippen LogP contribution < -0.4 is 0 Å². The van der Waals surface area contributed by atoms with E-state index in [0.717, 1.165) is 0 Å². The predicted octanol–water partition coefficient (Wildman–Crippen LogP) is 0.265. The van der Waals surface area contributed by atoms with Crippen LogP contribution in [0.2, 0.25) is 0 Å². The van der Waals surface area contributed by atoms with Gasteiger partial charge >= 0.3 is 0 Å². The molecule has 122 valence electrons. The van der Waals surface area contributed by atoms with Gasteiger partial charge in [-0.05, 0) is 18.2 Å². The van der Waals surface area contributed by atoms with Crippen LogP contribution in [0.3, 0.4) is 0 Å². The number of rotatable bonds is 2. The van der Waals surface area contributed by atoms with Crippen molar-refractivity contribution in [3.05, 3.63) is 35.4 Å². The van der Waals surface area contributed by atoms with Crippen molar-refractivity contribution >= 4 is 35.4 Å². The van der Waals surface area contributed by atoms with Gasteiger partial charge in [0.25, 0.3) is 11.8 Å². The van der Waals surface area contributed by atoms with Gasteiger partial charge in [0.15, 0.2) is 0 Å². The van der Waals surface area contributed by atoms with Gasteiger partial charge in [-0.2, -0.15) is 0 Å². The molecular formula is C16H12N2O6. The molecule has 0 bridgehead atoms. The molecule has 6 amide bonds. The fourth-order valence-corrected chi connectivity index (χ4v) is 2.65. The van der Waals surface area contributed by atoms with Crippen molar-refractivity contribution in [2.75, 3.05) is 0 Å². The van der Waals surface area contributed by atoms with Gasteiger partial charge in [-0.3, -0.25) is 28.8 Å². The number of amides is 6. The van der Waals surface area contributed by atoms with E-state index in [2.05, 4.69) is 0 Å². The minimum atomic E-state index is -0.823. The summed E-state index contributed by atoms with van der Waals surface area (Å²) < 4.78 is 0. The zero-order valence-corrected chi connectivity index (χ0v) is 12.5. The summed E-state index contributed by atoms with van der Waals surface area (Å²) >= 11 is 0. The Balaban J connectivity index is 1.89.